The number of hydrogen-bond acceptors (Lipinski definition) is 2. The molecule has 1 N–H and O–H groups in total. The lowest BCUT2D eigenvalue weighted by atomic mass is 10.2. The summed E-state index contributed by atoms with van der Waals surface area (Å²) in [6.07, 6.45) is 2.79. The lowest BCUT2D eigenvalue weighted by molar-refractivity contribution is -0.111. The molecule has 0 saturated carbocycles. The first-order valence-electron chi connectivity index (χ1n) is 6.16. The number of hydrogen-bond donors (Lipinski definition) is 1. The van der Waals surface area contributed by atoms with Gasteiger partial charge in [0.1, 0.15) is 17.4 Å². The van der Waals surface area contributed by atoms with Crippen molar-refractivity contribution in [1.29, 1.82) is 0 Å². The predicted molar refractivity (Wildman–Crippen MR) is 77.0 cm³/mol. The van der Waals surface area contributed by atoms with Gasteiger partial charge in [0.2, 0.25) is 5.91 Å². The van der Waals surface area contributed by atoms with Crippen LogP contribution < -0.4 is 10.1 Å². The molecule has 0 heterocycles. The molecule has 1 amide bonds. The van der Waals surface area contributed by atoms with Crippen molar-refractivity contribution < 1.29 is 18.3 Å². The van der Waals surface area contributed by atoms with Crippen LogP contribution >= 0.6 is 0 Å². The van der Waals surface area contributed by atoms with Crippen molar-refractivity contribution in [2.75, 3.05) is 12.4 Å². The van der Waals surface area contributed by atoms with Gasteiger partial charge in [0, 0.05) is 12.1 Å². The Morgan fingerprint density at radius 3 is 2.76 bits per heavy atom. The zero-order valence-corrected chi connectivity index (χ0v) is 11.3. The van der Waals surface area contributed by atoms with Gasteiger partial charge in [0.15, 0.2) is 0 Å². The standard InChI is InChI=1S/C16H13F2NO2/c1-21-13-4-2-3-11(9-13)5-8-16(20)19-15-10-12(17)6-7-14(15)18/h2-10H,1H3,(H,19,20)/b8-5+. The number of rotatable bonds is 4. The van der Waals surface area contributed by atoms with E-state index in [9.17, 15) is 13.6 Å². The fraction of sp³-hybridized carbons (Fsp3) is 0.0625. The second-order valence-electron chi connectivity index (χ2n) is 4.22. The van der Waals surface area contributed by atoms with Crippen LogP contribution in [0.1, 0.15) is 5.56 Å². The van der Waals surface area contributed by atoms with Gasteiger partial charge in [0.25, 0.3) is 0 Å². The molecule has 0 saturated heterocycles. The van der Waals surface area contributed by atoms with Gasteiger partial charge < -0.3 is 10.1 Å². The highest BCUT2D eigenvalue weighted by atomic mass is 19.1. The summed E-state index contributed by atoms with van der Waals surface area (Å²) < 4.78 is 31.4. The molecule has 2 rings (SSSR count). The smallest absolute Gasteiger partial charge is 0.248 e. The van der Waals surface area contributed by atoms with E-state index < -0.39 is 17.5 Å². The van der Waals surface area contributed by atoms with Crippen LogP contribution in [0.4, 0.5) is 14.5 Å². The van der Waals surface area contributed by atoms with E-state index in [1.807, 2.05) is 0 Å². The largest absolute Gasteiger partial charge is 0.497 e. The fourth-order valence-corrected chi connectivity index (χ4v) is 1.68. The van der Waals surface area contributed by atoms with Crippen LogP contribution in [0.2, 0.25) is 0 Å². The summed E-state index contributed by atoms with van der Waals surface area (Å²) in [5.41, 5.74) is 0.555. The summed E-state index contributed by atoms with van der Waals surface area (Å²) in [5, 5.41) is 2.28. The second-order valence-corrected chi connectivity index (χ2v) is 4.22. The van der Waals surface area contributed by atoms with E-state index in [2.05, 4.69) is 5.32 Å². The number of halogens is 2. The molecule has 0 atom stereocenters. The summed E-state index contributed by atoms with van der Waals surface area (Å²) in [6, 6.07) is 9.95. The lowest BCUT2D eigenvalue weighted by Crippen LogP contribution is -2.09. The minimum Gasteiger partial charge on any atom is -0.497 e. The second kappa shape index (κ2) is 6.65. The number of amides is 1. The van der Waals surface area contributed by atoms with Crippen molar-refractivity contribution in [1.82, 2.24) is 0 Å². The van der Waals surface area contributed by atoms with Gasteiger partial charge in [-0.2, -0.15) is 0 Å². The van der Waals surface area contributed by atoms with Crippen LogP contribution in [0.5, 0.6) is 5.75 Å². The Morgan fingerprint density at radius 1 is 1.19 bits per heavy atom. The molecule has 0 unspecified atom stereocenters. The molecular formula is C16H13F2NO2. The minimum atomic E-state index is -0.695. The molecule has 0 spiro atoms. The van der Waals surface area contributed by atoms with Crippen molar-refractivity contribution in [3.05, 3.63) is 65.7 Å². The van der Waals surface area contributed by atoms with E-state index in [4.69, 9.17) is 4.74 Å². The average molecular weight is 289 g/mol. The quantitative estimate of drug-likeness (QED) is 0.873. The third-order valence-corrected chi connectivity index (χ3v) is 2.71. The molecule has 3 nitrogen and oxygen atoms in total. The Balaban J connectivity index is 2.07. The number of benzene rings is 2. The topological polar surface area (TPSA) is 38.3 Å². The van der Waals surface area contributed by atoms with E-state index >= 15 is 0 Å². The van der Waals surface area contributed by atoms with E-state index in [-0.39, 0.29) is 5.69 Å². The molecule has 108 valence electrons. The van der Waals surface area contributed by atoms with Crippen LogP contribution in [-0.4, -0.2) is 13.0 Å². The third-order valence-electron chi connectivity index (χ3n) is 2.71. The van der Waals surface area contributed by atoms with Crippen LogP contribution in [0.25, 0.3) is 6.08 Å². The maximum Gasteiger partial charge on any atom is 0.248 e. The third kappa shape index (κ3) is 4.14. The predicted octanol–water partition coefficient (Wildman–Crippen LogP) is 3.63. The molecule has 2 aromatic carbocycles. The Hall–Kier alpha value is -2.69. The first-order valence-corrected chi connectivity index (χ1v) is 6.16. The zero-order valence-electron chi connectivity index (χ0n) is 11.3. The number of ether oxygens (including phenoxy) is 1. The Kier molecular flexibility index (Phi) is 4.66. The molecule has 0 aromatic heterocycles. The Labute approximate surface area is 120 Å². The number of carbonyl (C=O) groups is 1. The summed E-state index contributed by atoms with van der Waals surface area (Å²) in [5.74, 6) is -1.21. The van der Waals surface area contributed by atoms with Gasteiger partial charge in [-0.05, 0) is 35.9 Å². The number of methoxy groups -OCH3 is 1. The zero-order chi connectivity index (χ0) is 15.2. The van der Waals surface area contributed by atoms with E-state index in [1.54, 1.807) is 37.5 Å². The van der Waals surface area contributed by atoms with Gasteiger partial charge in [-0.15, -0.1) is 0 Å². The first-order chi connectivity index (χ1) is 10.1. The van der Waals surface area contributed by atoms with Gasteiger partial charge >= 0.3 is 0 Å². The monoisotopic (exact) mass is 289 g/mol. The van der Waals surface area contributed by atoms with Crippen molar-refractivity contribution in [3.63, 3.8) is 0 Å². The molecule has 5 heteroatoms. The van der Waals surface area contributed by atoms with E-state index in [0.717, 1.165) is 23.8 Å². The molecule has 0 fully saturated rings. The summed E-state index contributed by atoms with van der Waals surface area (Å²) in [7, 11) is 1.54. The average Bonchev–Trinajstić information content (AvgIpc) is 2.49. The Morgan fingerprint density at radius 2 is 2.00 bits per heavy atom. The number of anilines is 1. The highest BCUT2D eigenvalue weighted by molar-refractivity contribution is 6.02. The first kappa shape index (κ1) is 14.7. The lowest BCUT2D eigenvalue weighted by Gasteiger charge is -2.04. The summed E-state index contributed by atoms with van der Waals surface area (Å²) in [4.78, 5) is 11.7. The molecule has 21 heavy (non-hydrogen) atoms. The molecule has 0 radical (unpaired) electrons. The van der Waals surface area contributed by atoms with Crippen molar-refractivity contribution >= 4 is 17.7 Å². The normalized spacial score (nSPS) is 10.6. The van der Waals surface area contributed by atoms with Crippen LogP contribution in [0.15, 0.2) is 48.5 Å². The molecular weight excluding hydrogens is 276 g/mol. The van der Waals surface area contributed by atoms with Crippen LogP contribution in [0.3, 0.4) is 0 Å². The van der Waals surface area contributed by atoms with Crippen molar-refractivity contribution in [2.24, 2.45) is 0 Å². The maximum atomic E-state index is 13.4. The minimum absolute atomic E-state index is 0.199. The van der Waals surface area contributed by atoms with Gasteiger partial charge in [-0.1, -0.05) is 12.1 Å². The summed E-state index contributed by atoms with van der Waals surface area (Å²) >= 11 is 0. The SMILES string of the molecule is COc1cccc(/C=C/C(=O)Nc2cc(F)ccc2F)c1. The molecule has 0 aliphatic heterocycles. The van der Waals surface area contributed by atoms with Gasteiger partial charge in [0.05, 0.1) is 12.8 Å². The Bertz CT molecular complexity index is 684. The van der Waals surface area contributed by atoms with E-state index in [0.29, 0.717) is 5.75 Å². The van der Waals surface area contributed by atoms with Gasteiger partial charge in [-0.25, -0.2) is 8.78 Å². The molecule has 0 aliphatic rings. The highest BCUT2D eigenvalue weighted by Gasteiger charge is 2.05. The van der Waals surface area contributed by atoms with E-state index in [1.165, 1.54) is 6.08 Å². The van der Waals surface area contributed by atoms with Crippen LogP contribution in [-0.2, 0) is 4.79 Å². The summed E-state index contributed by atoms with van der Waals surface area (Å²) in [6.45, 7) is 0. The molecule has 0 bridgehead atoms. The molecule has 0 aliphatic carbocycles. The van der Waals surface area contributed by atoms with Gasteiger partial charge in [-0.3, -0.25) is 4.79 Å². The van der Waals surface area contributed by atoms with Crippen molar-refractivity contribution in [3.8, 4) is 5.75 Å². The van der Waals surface area contributed by atoms with Crippen molar-refractivity contribution in [2.45, 2.75) is 0 Å². The number of carbonyl (C=O) groups excluding carboxylic acids is 1. The van der Waals surface area contributed by atoms with Crippen LogP contribution in [0, 0.1) is 11.6 Å². The number of nitrogens with one attached hydrogen (secondary N) is 1. The highest BCUT2D eigenvalue weighted by Crippen LogP contribution is 2.16. The maximum absolute atomic E-state index is 13.4. The fourth-order valence-electron chi connectivity index (χ4n) is 1.68. The molecule has 2 aromatic rings.